The highest BCUT2D eigenvalue weighted by Gasteiger charge is 2.02. The summed E-state index contributed by atoms with van der Waals surface area (Å²) in [5.74, 6) is 0.943. The molecule has 0 saturated heterocycles. The monoisotopic (exact) mass is 304 g/mol. The van der Waals surface area contributed by atoms with Gasteiger partial charge in [-0.15, -0.1) is 0 Å². The summed E-state index contributed by atoms with van der Waals surface area (Å²) < 4.78 is 5.83. The Kier molecular flexibility index (Phi) is 11.0. The van der Waals surface area contributed by atoms with Crippen LogP contribution in [0.2, 0.25) is 0 Å². The molecule has 5 heteroatoms. The van der Waals surface area contributed by atoms with Gasteiger partial charge in [-0.05, 0) is 24.6 Å². The Labute approximate surface area is 131 Å². The van der Waals surface area contributed by atoms with Crippen LogP contribution in [0.1, 0.15) is 11.1 Å². The second-order valence-corrected chi connectivity index (χ2v) is 4.18. The molecule has 0 aliphatic heterocycles. The molecule has 0 fully saturated rings. The van der Waals surface area contributed by atoms with Crippen molar-refractivity contribution in [3.63, 3.8) is 0 Å². The fourth-order valence-corrected chi connectivity index (χ4v) is 1.76. The number of para-hydroxylation sites is 2. The van der Waals surface area contributed by atoms with E-state index >= 15 is 0 Å². The topological polar surface area (TPSA) is 70.6 Å². The lowest BCUT2D eigenvalue weighted by Crippen LogP contribution is -2.01. The zero-order chi connectivity index (χ0) is 16.8. The van der Waals surface area contributed by atoms with Crippen molar-refractivity contribution in [1.29, 1.82) is 0 Å². The molecule has 0 radical (unpaired) electrons. The van der Waals surface area contributed by atoms with Gasteiger partial charge in [-0.3, -0.25) is 0 Å². The first kappa shape index (κ1) is 19.6. The Morgan fingerprint density at radius 1 is 1.05 bits per heavy atom. The zero-order valence-corrected chi connectivity index (χ0v) is 13.3. The molecule has 0 atom stereocenters. The molecule has 0 unspecified atom stereocenters. The molecule has 0 aliphatic carbocycles. The van der Waals surface area contributed by atoms with E-state index in [9.17, 15) is 0 Å². The molecule has 0 saturated carbocycles. The lowest BCUT2D eigenvalue weighted by Gasteiger charge is -2.12. The van der Waals surface area contributed by atoms with Crippen LogP contribution in [0.25, 0.3) is 0 Å². The largest absolute Gasteiger partial charge is 0.489 e. The van der Waals surface area contributed by atoms with E-state index in [0.29, 0.717) is 6.61 Å². The second-order valence-electron chi connectivity index (χ2n) is 4.18. The lowest BCUT2D eigenvalue weighted by molar-refractivity contribution is -0.0979. The standard InChI is InChI=1S/C15H17NO.CH5NO.CH2O/c1-12-7-3-6-10-15(12)17-11-13-8-4-5-9-14(13)16-2;1-2-3;1-2/h3-10,16H,11H2,1-2H3;2-3H,1H3;1H2. The van der Waals surface area contributed by atoms with E-state index in [4.69, 9.17) is 14.7 Å². The number of carbonyl (C=O) groups is 1. The van der Waals surface area contributed by atoms with Crippen molar-refractivity contribution in [3.05, 3.63) is 59.7 Å². The van der Waals surface area contributed by atoms with Gasteiger partial charge in [-0.1, -0.05) is 36.4 Å². The highest BCUT2D eigenvalue weighted by Crippen LogP contribution is 2.20. The van der Waals surface area contributed by atoms with Crippen LogP contribution in [-0.4, -0.2) is 26.1 Å². The van der Waals surface area contributed by atoms with E-state index in [0.717, 1.165) is 17.0 Å². The number of hydrogen-bond donors (Lipinski definition) is 3. The van der Waals surface area contributed by atoms with Crippen molar-refractivity contribution in [3.8, 4) is 5.75 Å². The Balaban J connectivity index is 0.000000789. The van der Waals surface area contributed by atoms with E-state index in [1.54, 1.807) is 5.48 Å². The molecule has 2 aromatic carbocycles. The van der Waals surface area contributed by atoms with Crippen LogP contribution in [0.5, 0.6) is 5.75 Å². The van der Waals surface area contributed by atoms with Gasteiger partial charge in [-0.25, -0.2) is 5.48 Å². The van der Waals surface area contributed by atoms with Gasteiger partial charge >= 0.3 is 0 Å². The highest BCUT2D eigenvalue weighted by molar-refractivity contribution is 5.50. The van der Waals surface area contributed by atoms with Gasteiger partial charge in [0.2, 0.25) is 0 Å². The number of rotatable bonds is 4. The Bertz CT molecular complexity index is 533. The number of ether oxygens (including phenoxy) is 1. The first-order valence-corrected chi connectivity index (χ1v) is 6.76. The predicted molar refractivity (Wildman–Crippen MR) is 89.5 cm³/mol. The van der Waals surface area contributed by atoms with Crippen LogP contribution in [0, 0.1) is 6.92 Å². The van der Waals surface area contributed by atoms with Crippen molar-refractivity contribution in [2.24, 2.45) is 0 Å². The van der Waals surface area contributed by atoms with E-state index in [1.165, 1.54) is 12.6 Å². The van der Waals surface area contributed by atoms with E-state index in [1.807, 2.05) is 44.2 Å². The van der Waals surface area contributed by atoms with Crippen LogP contribution >= 0.6 is 0 Å². The molecule has 0 spiro atoms. The normalized spacial score (nSPS) is 8.73. The smallest absolute Gasteiger partial charge is 0.122 e. The molecule has 0 bridgehead atoms. The first-order chi connectivity index (χ1) is 10.7. The maximum Gasteiger partial charge on any atom is 0.122 e. The van der Waals surface area contributed by atoms with Gasteiger partial charge < -0.3 is 20.1 Å². The minimum atomic E-state index is 0.585. The van der Waals surface area contributed by atoms with Crippen molar-refractivity contribution < 1.29 is 14.7 Å². The number of nitrogens with one attached hydrogen (secondary N) is 2. The average Bonchev–Trinajstić information content (AvgIpc) is 2.57. The van der Waals surface area contributed by atoms with E-state index in [-0.39, 0.29) is 0 Å². The maximum atomic E-state index is 8.00. The first-order valence-electron chi connectivity index (χ1n) is 6.76. The van der Waals surface area contributed by atoms with Gasteiger partial charge in [0.05, 0.1) is 0 Å². The number of aryl methyl sites for hydroxylation is 1. The molecule has 0 aliphatic rings. The van der Waals surface area contributed by atoms with Crippen molar-refractivity contribution in [1.82, 2.24) is 5.48 Å². The predicted octanol–water partition coefficient (Wildman–Crippen LogP) is 3.03. The lowest BCUT2D eigenvalue weighted by atomic mass is 10.2. The van der Waals surface area contributed by atoms with Gasteiger partial charge in [0.15, 0.2) is 0 Å². The third kappa shape index (κ3) is 6.88. The fourth-order valence-electron chi connectivity index (χ4n) is 1.76. The van der Waals surface area contributed by atoms with E-state index in [2.05, 4.69) is 30.4 Å². The van der Waals surface area contributed by atoms with Crippen LogP contribution in [-0.2, 0) is 11.4 Å². The summed E-state index contributed by atoms with van der Waals surface area (Å²) in [6.07, 6.45) is 0. The molecule has 120 valence electrons. The molecular weight excluding hydrogens is 280 g/mol. The van der Waals surface area contributed by atoms with Crippen molar-refractivity contribution in [2.75, 3.05) is 19.4 Å². The molecule has 22 heavy (non-hydrogen) atoms. The van der Waals surface area contributed by atoms with Crippen LogP contribution in [0.15, 0.2) is 48.5 Å². The molecular formula is C17H24N2O3. The molecule has 2 rings (SSSR count). The minimum absolute atomic E-state index is 0.585. The minimum Gasteiger partial charge on any atom is -0.489 e. The maximum absolute atomic E-state index is 8.00. The summed E-state index contributed by atoms with van der Waals surface area (Å²) in [4.78, 5) is 8.00. The van der Waals surface area contributed by atoms with E-state index < -0.39 is 0 Å². The molecule has 0 heterocycles. The number of benzene rings is 2. The van der Waals surface area contributed by atoms with Crippen molar-refractivity contribution in [2.45, 2.75) is 13.5 Å². The molecule has 5 nitrogen and oxygen atoms in total. The summed E-state index contributed by atoms with van der Waals surface area (Å²) in [6.45, 7) is 4.64. The highest BCUT2D eigenvalue weighted by atomic mass is 16.5. The van der Waals surface area contributed by atoms with Crippen LogP contribution in [0.3, 0.4) is 0 Å². The van der Waals surface area contributed by atoms with Gasteiger partial charge in [-0.2, -0.15) is 0 Å². The van der Waals surface area contributed by atoms with Gasteiger partial charge in [0.25, 0.3) is 0 Å². The fraction of sp³-hybridized carbons (Fsp3) is 0.235. The quantitative estimate of drug-likeness (QED) is 0.757. The second kappa shape index (κ2) is 12.4. The van der Waals surface area contributed by atoms with Gasteiger partial charge in [0.1, 0.15) is 19.1 Å². The molecule has 3 N–H and O–H groups in total. The summed E-state index contributed by atoms with van der Waals surface area (Å²) in [7, 11) is 3.35. The SMILES string of the molecule is C=O.CNO.CNc1ccccc1COc1ccccc1C. The Hall–Kier alpha value is -2.37. The number of carbonyl (C=O) groups excluding carboxylic acids is 1. The van der Waals surface area contributed by atoms with Crippen molar-refractivity contribution >= 4 is 12.5 Å². The third-order valence-electron chi connectivity index (χ3n) is 2.76. The molecule has 0 aromatic heterocycles. The van der Waals surface area contributed by atoms with Gasteiger partial charge in [0, 0.05) is 25.3 Å². The summed E-state index contributed by atoms with van der Waals surface area (Å²) in [6, 6.07) is 16.2. The molecule has 0 amide bonds. The Morgan fingerprint density at radius 3 is 2.18 bits per heavy atom. The number of hydroxylamine groups is 1. The average molecular weight is 304 g/mol. The summed E-state index contributed by atoms with van der Waals surface area (Å²) in [5, 5.41) is 10.5. The van der Waals surface area contributed by atoms with Crippen LogP contribution < -0.4 is 15.5 Å². The Morgan fingerprint density at radius 2 is 1.59 bits per heavy atom. The van der Waals surface area contributed by atoms with Crippen LogP contribution in [0.4, 0.5) is 5.69 Å². The third-order valence-corrected chi connectivity index (χ3v) is 2.76. The molecule has 2 aromatic rings. The summed E-state index contributed by atoms with van der Waals surface area (Å²) in [5.41, 5.74) is 5.19. The summed E-state index contributed by atoms with van der Waals surface area (Å²) >= 11 is 0. The number of anilines is 1. The zero-order valence-electron chi connectivity index (χ0n) is 13.3. The number of hydrogen-bond acceptors (Lipinski definition) is 5.